The first-order chi connectivity index (χ1) is 9.54. The fourth-order valence-electron chi connectivity index (χ4n) is 1.72. The van der Waals surface area contributed by atoms with Gasteiger partial charge in [0.2, 0.25) is 0 Å². The summed E-state index contributed by atoms with van der Waals surface area (Å²) in [4.78, 5) is 11.9. The van der Waals surface area contributed by atoms with Gasteiger partial charge in [-0.2, -0.15) is 0 Å². The van der Waals surface area contributed by atoms with E-state index in [0.29, 0.717) is 15.7 Å². The van der Waals surface area contributed by atoms with Crippen LogP contribution < -0.4 is 5.73 Å². The zero-order valence-corrected chi connectivity index (χ0v) is 12.2. The lowest BCUT2D eigenvalue weighted by atomic mass is 10.1. The number of nitrogens with two attached hydrogens (primary N) is 1. The molecule has 2 aromatic carbocycles. The number of hydrogen-bond acceptors (Lipinski definition) is 2. The number of nitrogen functional groups attached to an aromatic ring is 1. The van der Waals surface area contributed by atoms with Crippen molar-refractivity contribution < 1.29 is 4.79 Å². The van der Waals surface area contributed by atoms with Crippen molar-refractivity contribution in [2.45, 2.75) is 6.42 Å². The molecule has 102 valence electrons. The van der Waals surface area contributed by atoms with E-state index in [1.165, 1.54) is 6.08 Å². The molecule has 0 amide bonds. The van der Waals surface area contributed by atoms with E-state index in [-0.39, 0.29) is 12.2 Å². The minimum atomic E-state index is -0.0361. The Hall–Kier alpha value is -1.77. The Morgan fingerprint density at radius 3 is 2.50 bits per heavy atom. The molecule has 0 heterocycles. The number of hydrogen-bond donors (Lipinski definition) is 1. The summed E-state index contributed by atoms with van der Waals surface area (Å²) < 4.78 is 0. The molecule has 2 nitrogen and oxygen atoms in total. The Labute approximate surface area is 127 Å². The van der Waals surface area contributed by atoms with Crippen molar-refractivity contribution in [1.29, 1.82) is 0 Å². The number of anilines is 1. The molecule has 0 atom stereocenters. The highest BCUT2D eigenvalue weighted by Gasteiger charge is 2.05. The maximum atomic E-state index is 11.9. The zero-order chi connectivity index (χ0) is 14.5. The van der Waals surface area contributed by atoms with Gasteiger partial charge >= 0.3 is 0 Å². The van der Waals surface area contributed by atoms with Gasteiger partial charge in [0, 0.05) is 22.2 Å². The highest BCUT2D eigenvalue weighted by atomic mass is 35.5. The summed E-state index contributed by atoms with van der Waals surface area (Å²) >= 11 is 11.9. The second-order valence-corrected chi connectivity index (χ2v) is 5.22. The van der Waals surface area contributed by atoms with Crippen molar-refractivity contribution in [2.75, 3.05) is 5.73 Å². The number of allylic oxidation sites excluding steroid dienone is 1. The molecule has 2 N–H and O–H groups in total. The second-order valence-electron chi connectivity index (χ2n) is 4.38. The second kappa shape index (κ2) is 6.60. The normalized spacial score (nSPS) is 10.9. The molecular formula is C16H13Cl2NO. The van der Waals surface area contributed by atoms with Gasteiger partial charge in [-0.15, -0.1) is 0 Å². The number of carbonyl (C=O) groups is 1. The summed E-state index contributed by atoms with van der Waals surface area (Å²) in [7, 11) is 0. The fourth-order valence-corrected chi connectivity index (χ4v) is 2.10. The Balaban J connectivity index is 2.05. The van der Waals surface area contributed by atoms with Gasteiger partial charge in [-0.3, -0.25) is 4.79 Å². The third-order valence-corrected chi connectivity index (χ3v) is 3.37. The molecular weight excluding hydrogens is 293 g/mol. The molecule has 0 saturated heterocycles. The first-order valence-corrected chi connectivity index (χ1v) is 6.80. The topological polar surface area (TPSA) is 43.1 Å². The summed E-state index contributed by atoms with van der Waals surface area (Å²) in [5, 5.41) is 1.11. The quantitative estimate of drug-likeness (QED) is 0.672. The maximum absolute atomic E-state index is 11.9. The molecule has 0 unspecified atom stereocenters. The molecule has 0 radical (unpaired) electrons. The lowest BCUT2D eigenvalue weighted by Gasteiger charge is -2.02. The average Bonchev–Trinajstić information content (AvgIpc) is 2.42. The number of carbonyl (C=O) groups excluding carboxylic acids is 1. The van der Waals surface area contributed by atoms with Gasteiger partial charge in [-0.1, -0.05) is 41.4 Å². The predicted molar refractivity (Wildman–Crippen MR) is 85.1 cm³/mol. The minimum absolute atomic E-state index is 0.0361. The fraction of sp³-hybridized carbons (Fsp3) is 0.0625. The third kappa shape index (κ3) is 4.12. The molecule has 0 aliphatic rings. The van der Waals surface area contributed by atoms with Crippen molar-refractivity contribution >= 4 is 40.7 Å². The highest BCUT2D eigenvalue weighted by molar-refractivity contribution is 6.33. The molecule has 0 spiro atoms. The van der Waals surface area contributed by atoms with Crippen molar-refractivity contribution in [3.8, 4) is 0 Å². The molecule has 0 saturated carbocycles. The van der Waals surface area contributed by atoms with Gasteiger partial charge < -0.3 is 5.73 Å². The molecule has 2 rings (SSSR count). The number of rotatable bonds is 4. The summed E-state index contributed by atoms with van der Waals surface area (Å²) in [6.07, 6.45) is 3.51. The first-order valence-electron chi connectivity index (χ1n) is 6.05. The molecule has 0 aliphatic carbocycles. The van der Waals surface area contributed by atoms with E-state index in [1.54, 1.807) is 36.4 Å². The summed E-state index contributed by atoms with van der Waals surface area (Å²) in [5.41, 5.74) is 7.94. The smallest absolute Gasteiger partial charge is 0.160 e. The van der Waals surface area contributed by atoms with Crippen LogP contribution in [0.2, 0.25) is 10.0 Å². The monoisotopic (exact) mass is 305 g/mol. The predicted octanol–water partition coefficient (Wildman–Crippen LogP) is 4.40. The minimum Gasteiger partial charge on any atom is -0.399 e. The first kappa shape index (κ1) is 14.6. The van der Waals surface area contributed by atoms with Crippen LogP contribution in [0.1, 0.15) is 11.1 Å². The molecule has 0 fully saturated rings. The average molecular weight is 306 g/mol. The summed E-state index contributed by atoms with van der Waals surface area (Å²) in [6.45, 7) is 0. The van der Waals surface area contributed by atoms with Crippen LogP contribution in [0, 0.1) is 0 Å². The van der Waals surface area contributed by atoms with Crippen molar-refractivity contribution in [1.82, 2.24) is 0 Å². The van der Waals surface area contributed by atoms with Crippen LogP contribution in [0.15, 0.2) is 48.5 Å². The van der Waals surface area contributed by atoms with Crippen LogP contribution in [0.5, 0.6) is 0 Å². The number of halogens is 2. The van der Waals surface area contributed by atoms with Gasteiger partial charge in [0.15, 0.2) is 5.78 Å². The van der Waals surface area contributed by atoms with Crippen LogP contribution in [-0.4, -0.2) is 5.78 Å². The number of ketones is 1. The number of benzene rings is 2. The summed E-state index contributed by atoms with van der Waals surface area (Å²) in [6, 6.07) is 12.4. The van der Waals surface area contributed by atoms with Gasteiger partial charge in [0.25, 0.3) is 0 Å². The molecule has 4 heteroatoms. The van der Waals surface area contributed by atoms with Crippen LogP contribution >= 0.6 is 23.2 Å². The van der Waals surface area contributed by atoms with Gasteiger partial charge in [0.1, 0.15) is 0 Å². The van der Waals surface area contributed by atoms with Crippen molar-refractivity contribution in [3.63, 3.8) is 0 Å². The van der Waals surface area contributed by atoms with Crippen LogP contribution in [0.25, 0.3) is 6.08 Å². The van der Waals surface area contributed by atoms with E-state index in [1.807, 2.05) is 12.1 Å². The van der Waals surface area contributed by atoms with Crippen LogP contribution in [0.3, 0.4) is 0 Å². The Bertz CT molecular complexity index is 648. The molecule has 0 bridgehead atoms. The molecule has 0 aliphatic heterocycles. The van der Waals surface area contributed by atoms with E-state index in [4.69, 9.17) is 28.9 Å². The Morgan fingerprint density at radius 1 is 1.10 bits per heavy atom. The van der Waals surface area contributed by atoms with Crippen molar-refractivity contribution in [3.05, 3.63) is 69.7 Å². The van der Waals surface area contributed by atoms with Gasteiger partial charge in [0.05, 0.1) is 0 Å². The zero-order valence-electron chi connectivity index (χ0n) is 10.6. The highest BCUT2D eigenvalue weighted by Crippen LogP contribution is 2.21. The third-order valence-electron chi connectivity index (χ3n) is 2.77. The van der Waals surface area contributed by atoms with Crippen LogP contribution in [0.4, 0.5) is 5.69 Å². The van der Waals surface area contributed by atoms with Gasteiger partial charge in [-0.05, 0) is 47.5 Å². The van der Waals surface area contributed by atoms with E-state index < -0.39 is 0 Å². The van der Waals surface area contributed by atoms with E-state index in [0.717, 1.165) is 11.1 Å². The van der Waals surface area contributed by atoms with Crippen LogP contribution in [-0.2, 0) is 11.2 Å². The SMILES string of the molecule is Nc1ccc(/C=C/C(=O)Cc2cc(Cl)ccc2Cl)cc1. The van der Waals surface area contributed by atoms with Gasteiger partial charge in [-0.25, -0.2) is 0 Å². The van der Waals surface area contributed by atoms with E-state index in [9.17, 15) is 4.79 Å². The largest absolute Gasteiger partial charge is 0.399 e. The maximum Gasteiger partial charge on any atom is 0.160 e. The van der Waals surface area contributed by atoms with E-state index in [2.05, 4.69) is 0 Å². The van der Waals surface area contributed by atoms with E-state index >= 15 is 0 Å². The molecule has 20 heavy (non-hydrogen) atoms. The summed E-state index contributed by atoms with van der Waals surface area (Å²) in [5.74, 6) is -0.0361. The lowest BCUT2D eigenvalue weighted by molar-refractivity contribution is -0.113. The molecule has 2 aromatic rings. The lowest BCUT2D eigenvalue weighted by Crippen LogP contribution is -1.99. The van der Waals surface area contributed by atoms with Crippen molar-refractivity contribution in [2.24, 2.45) is 0 Å². The Morgan fingerprint density at radius 2 is 1.80 bits per heavy atom. The Kier molecular flexibility index (Phi) is 4.83. The standard InChI is InChI=1S/C16H13Cl2NO/c17-13-4-8-16(18)12(9-13)10-15(20)7-3-11-1-5-14(19)6-2-11/h1-9H,10,19H2/b7-3+. The molecule has 0 aromatic heterocycles.